The third-order valence-corrected chi connectivity index (χ3v) is 5.61. The fourth-order valence-corrected chi connectivity index (χ4v) is 3.95. The van der Waals surface area contributed by atoms with Gasteiger partial charge >= 0.3 is 0 Å². The van der Waals surface area contributed by atoms with Gasteiger partial charge in [0.2, 0.25) is 5.91 Å². The number of aromatic nitrogens is 4. The molecule has 0 radical (unpaired) electrons. The third kappa shape index (κ3) is 3.28. The van der Waals surface area contributed by atoms with Crippen LogP contribution < -0.4 is 5.56 Å². The highest BCUT2D eigenvalue weighted by Gasteiger charge is 2.20. The lowest BCUT2D eigenvalue weighted by molar-refractivity contribution is -0.132. The second-order valence-corrected chi connectivity index (χ2v) is 7.46. The number of fused-ring (bicyclic) bond motifs is 2. The van der Waals surface area contributed by atoms with Crippen molar-refractivity contribution in [2.45, 2.75) is 25.9 Å². The molecule has 1 amide bonds. The van der Waals surface area contributed by atoms with Gasteiger partial charge in [-0.25, -0.2) is 9.67 Å². The predicted molar refractivity (Wildman–Crippen MR) is 113 cm³/mol. The van der Waals surface area contributed by atoms with Crippen LogP contribution in [-0.2, 0) is 24.3 Å². The van der Waals surface area contributed by atoms with Crippen LogP contribution in [-0.4, -0.2) is 36.7 Å². The van der Waals surface area contributed by atoms with Crippen LogP contribution in [0.1, 0.15) is 17.5 Å². The molecule has 1 aliphatic rings. The molecule has 0 saturated carbocycles. The smallest absolute Gasteiger partial charge is 0.264 e. The Balaban J connectivity index is 1.32. The normalized spacial score (nSPS) is 13.4. The minimum Gasteiger partial charge on any atom is -0.338 e. The fourth-order valence-electron chi connectivity index (χ4n) is 3.95. The molecule has 5 rings (SSSR count). The van der Waals surface area contributed by atoms with Gasteiger partial charge < -0.3 is 4.90 Å². The second kappa shape index (κ2) is 7.59. The predicted octanol–water partition coefficient (Wildman–Crippen LogP) is 2.56. The zero-order valence-electron chi connectivity index (χ0n) is 16.4. The number of benzene rings is 2. The van der Waals surface area contributed by atoms with Crippen molar-refractivity contribution in [2.24, 2.45) is 0 Å². The molecule has 7 nitrogen and oxygen atoms in total. The first-order valence-electron chi connectivity index (χ1n) is 10.0. The van der Waals surface area contributed by atoms with Crippen LogP contribution in [0.5, 0.6) is 0 Å². The Labute approximate surface area is 173 Å². The minimum atomic E-state index is -0.182. The molecule has 2 aromatic carbocycles. The summed E-state index contributed by atoms with van der Waals surface area (Å²) >= 11 is 0. The molecule has 0 aliphatic carbocycles. The Kier molecular flexibility index (Phi) is 4.63. The number of aryl methyl sites for hydroxylation is 1. The molecule has 2 aromatic heterocycles. The summed E-state index contributed by atoms with van der Waals surface area (Å²) in [6.07, 6.45) is 4.18. The summed E-state index contributed by atoms with van der Waals surface area (Å²) in [5, 5.41) is 4.77. The lowest BCUT2D eigenvalue weighted by Crippen LogP contribution is -2.36. The number of rotatable bonds is 4. The van der Waals surface area contributed by atoms with E-state index in [1.807, 2.05) is 47.4 Å². The second-order valence-electron chi connectivity index (χ2n) is 7.46. The summed E-state index contributed by atoms with van der Waals surface area (Å²) in [4.78, 5) is 31.9. The summed E-state index contributed by atoms with van der Waals surface area (Å²) in [7, 11) is 0. The van der Waals surface area contributed by atoms with Gasteiger partial charge in [-0.15, -0.1) is 0 Å². The van der Waals surface area contributed by atoms with E-state index in [-0.39, 0.29) is 17.9 Å². The van der Waals surface area contributed by atoms with Gasteiger partial charge in [0.25, 0.3) is 5.56 Å². The average molecular weight is 399 g/mol. The molecular weight excluding hydrogens is 378 g/mol. The Morgan fingerprint density at radius 1 is 1.00 bits per heavy atom. The van der Waals surface area contributed by atoms with Crippen molar-refractivity contribution in [3.8, 4) is 5.69 Å². The SMILES string of the molecule is O=C(CCn1cnc2c(cnn2-c2ccccc2)c1=O)N1CCc2ccccc2C1. The van der Waals surface area contributed by atoms with Gasteiger partial charge in [0.05, 0.1) is 18.2 Å². The molecule has 0 fully saturated rings. The van der Waals surface area contributed by atoms with Gasteiger partial charge in [0, 0.05) is 26.1 Å². The zero-order chi connectivity index (χ0) is 20.5. The molecule has 3 heterocycles. The lowest BCUT2D eigenvalue weighted by atomic mass is 10.00. The third-order valence-electron chi connectivity index (χ3n) is 5.61. The maximum absolute atomic E-state index is 12.9. The number of carbonyl (C=O) groups excluding carboxylic acids is 1. The van der Waals surface area contributed by atoms with Gasteiger partial charge in [-0.1, -0.05) is 42.5 Å². The van der Waals surface area contributed by atoms with Crippen LogP contribution in [0.4, 0.5) is 0 Å². The number of hydrogen-bond donors (Lipinski definition) is 0. The Bertz CT molecular complexity index is 1280. The molecule has 0 saturated heterocycles. The van der Waals surface area contributed by atoms with Crippen molar-refractivity contribution in [3.63, 3.8) is 0 Å². The number of nitrogens with zero attached hydrogens (tertiary/aromatic N) is 5. The monoisotopic (exact) mass is 399 g/mol. The summed E-state index contributed by atoms with van der Waals surface area (Å²) in [5.74, 6) is 0.0523. The number of carbonyl (C=O) groups is 1. The number of amides is 1. The van der Waals surface area contributed by atoms with Crippen molar-refractivity contribution in [1.82, 2.24) is 24.2 Å². The summed E-state index contributed by atoms with van der Waals surface area (Å²) < 4.78 is 3.15. The standard InChI is InChI=1S/C23H21N5O2/c29-21(26-12-10-17-6-4-5-7-18(17)15-26)11-13-27-16-24-22-20(23(27)30)14-25-28(22)19-8-2-1-3-9-19/h1-9,14,16H,10-13,15H2. The van der Waals surface area contributed by atoms with E-state index in [1.165, 1.54) is 28.2 Å². The largest absolute Gasteiger partial charge is 0.338 e. The number of hydrogen-bond acceptors (Lipinski definition) is 4. The molecule has 30 heavy (non-hydrogen) atoms. The molecule has 0 N–H and O–H groups in total. The quantitative estimate of drug-likeness (QED) is 0.529. The van der Waals surface area contributed by atoms with Gasteiger partial charge in [-0.3, -0.25) is 14.2 Å². The Hall–Kier alpha value is -3.74. The molecule has 0 spiro atoms. The van der Waals surface area contributed by atoms with Crippen LogP contribution in [0.3, 0.4) is 0 Å². The molecule has 0 bridgehead atoms. The number of para-hydroxylation sites is 1. The van der Waals surface area contributed by atoms with E-state index in [0.717, 1.165) is 12.1 Å². The summed E-state index contributed by atoms with van der Waals surface area (Å²) in [6, 6.07) is 17.8. The van der Waals surface area contributed by atoms with Gasteiger partial charge in [0.1, 0.15) is 5.39 Å². The fraction of sp³-hybridized carbons (Fsp3) is 0.217. The first-order valence-corrected chi connectivity index (χ1v) is 10.0. The van der Waals surface area contributed by atoms with Crippen LogP contribution in [0.2, 0.25) is 0 Å². The highest BCUT2D eigenvalue weighted by atomic mass is 16.2. The molecular formula is C23H21N5O2. The van der Waals surface area contributed by atoms with E-state index in [2.05, 4.69) is 22.2 Å². The minimum absolute atomic E-state index is 0.0523. The molecule has 4 aromatic rings. The van der Waals surface area contributed by atoms with Gasteiger partial charge in [0.15, 0.2) is 5.65 Å². The van der Waals surface area contributed by atoms with Crippen LogP contribution in [0.15, 0.2) is 71.9 Å². The Morgan fingerprint density at radius 2 is 1.77 bits per heavy atom. The maximum Gasteiger partial charge on any atom is 0.264 e. The Morgan fingerprint density at radius 3 is 2.60 bits per heavy atom. The van der Waals surface area contributed by atoms with E-state index in [4.69, 9.17) is 0 Å². The van der Waals surface area contributed by atoms with Gasteiger partial charge in [-0.05, 0) is 29.7 Å². The molecule has 7 heteroatoms. The van der Waals surface area contributed by atoms with Crippen molar-refractivity contribution in [1.29, 1.82) is 0 Å². The van der Waals surface area contributed by atoms with E-state index >= 15 is 0 Å². The van der Waals surface area contributed by atoms with Crippen molar-refractivity contribution in [2.75, 3.05) is 6.54 Å². The highest BCUT2D eigenvalue weighted by Crippen LogP contribution is 2.19. The summed E-state index contributed by atoms with van der Waals surface area (Å²) in [5.41, 5.74) is 3.69. The molecule has 0 atom stereocenters. The highest BCUT2D eigenvalue weighted by molar-refractivity contribution is 5.77. The van der Waals surface area contributed by atoms with Crippen molar-refractivity contribution < 1.29 is 4.79 Å². The van der Waals surface area contributed by atoms with Crippen molar-refractivity contribution in [3.05, 3.63) is 88.6 Å². The zero-order valence-corrected chi connectivity index (χ0v) is 16.4. The van der Waals surface area contributed by atoms with E-state index < -0.39 is 0 Å². The lowest BCUT2D eigenvalue weighted by Gasteiger charge is -2.29. The van der Waals surface area contributed by atoms with Crippen LogP contribution >= 0.6 is 0 Å². The average Bonchev–Trinajstić information content (AvgIpc) is 3.24. The first-order chi connectivity index (χ1) is 14.7. The first kappa shape index (κ1) is 18.3. The van der Waals surface area contributed by atoms with Crippen LogP contribution in [0, 0.1) is 0 Å². The van der Waals surface area contributed by atoms with E-state index in [9.17, 15) is 9.59 Å². The molecule has 150 valence electrons. The van der Waals surface area contributed by atoms with E-state index in [1.54, 1.807) is 4.68 Å². The molecule has 0 unspecified atom stereocenters. The van der Waals surface area contributed by atoms with Crippen LogP contribution in [0.25, 0.3) is 16.7 Å². The van der Waals surface area contributed by atoms with Gasteiger partial charge in [-0.2, -0.15) is 5.10 Å². The van der Waals surface area contributed by atoms with E-state index in [0.29, 0.717) is 30.7 Å². The topological polar surface area (TPSA) is 73.0 Å². The summed E-state index contributed by atoms with van der Waals surface area (Å²) in [6.45, 7) is 1.65. The van der Waals surface area contributed by atoms with Crippen molar-refractivity contribution >= 4 is 16.9 Å². The molecule has 1 aliphatic heterocycles. The maximum atomic E-state index is 12.9.